The van der Waals surface area contributed by atoms with Crippen molar-refractivity contribution in [2.75, 3.05) is 14.2 Å². The van der Waals surface area contributed by atoms with Crippen molar-refractivity contribution in [1.82, 2.24) is 0 Å². The first-order valence-electron chi connectivity index (χ1n) is 6.72. The minimum atomic E-state index is 0.00519. The summed E-state index contributed by atoms with van der Waals surface area (Å²) >= 11 is 6.04. The van der Waals surface area contributed by atoms with Crippen molar-refractivity contribution in [1.29, 1.82) is 0 Å². The van der Waals surface area contributed by atoms with Crippen LogP contribution in [0.25, 0.3) is 0 Å². The van der Waals surface area contributed by atoms with Crippen LogP contribution in [0.5, 0.6) is 5.75 Å². The third kappa shape index (κ3) is 3.41. The van der Waals surface area contributed by atoms with Crippen LogP contribution in [0, 0.1) is 0 Å². The van der Waals surface area contributed by atoms with Gasteiger partial charge in [-0.1, -0.05) is 11.6 Å². The lowest BCUT2D eigenvalue weighted by molar-refractivity contribution is -0.0813. The highest BCUT2D eigenvalue weighted by Crippen LogP contribution is 2.39. The van der Waals surface area contributed by atoms with Gasteiger partial charge in [-0.25, -0.2) is 0 Å². The van der Waals surface area contributed by atoms with Crippen LogP contribution in [-0.2, 0) is 11.2 Å². The Hall–Kier alpha value is -0.770. The second-order valence-corrected chi connectivity index (χ2v) is 5.80. The average molecular weight is 284 g/mol. The first kappa shape index (κ1) is 14.6. The monoisotopic (exact) mass is 283 g/mol. The highest BCUT2D eigenvalue weighted by atomic mass is 35.5. The summed E-state index contributed by atoms with van der Waals surface area (Å²) < 4.78 is 11.0. The van der Waals surface area contributed by atoms with Crippen LogP contribution < -0.4 is 10.5 Å². The number of hydrogen-bond acceptors (Lipinski definition) is 3. The predicted molar refractivity (Wildman–Crippen MR) is 77.9 cm³/mol. The first-order valence-corrected chi connectivity index (χ1v) is 7.09. The van der Waals surface area contributed by atoms with Gasteiger partial charge in [0.1, 0.15) is 5.75 Å². The molecule has 1 aromatic carbocycles. The van der Waals surface area contributed by atoms with Crippen molar-refractivity contribution in [2.24, 2.45) is 5.73 Å². The fraction of sp³-hybridized carbons (Fsp3) is 0.600. The Morgan fingerprint density at radius 2 is 2.11 bits per heavy atom. The maximum atomic E-state index is 6.27. The summed E-state index contributed by atoms with van der Waals surface area (Å²) in [4.78, 5) is 0. The lowest BCUT2D eigenvalue weighted by Gasteiger charge is -2.42. The second kappa shape index (κ2) is 6.12. The Balaban J connectivity index is 2.02. The van der Waals surface area contributed by atoms with Crippen molar-refractivity contribution >= 4 is 11.6 Å². The van der Waals surface area contributed by atoms with E-state index in [2.05, 4.69) is 0 Å². The minimum Gasteiger partial charge on any atom is -0.496 e. The van der Waals surface area contributed by atoms with Crippen LogP contribution in [-0.4, -0.2) is 25.9 Å². The van der Waals surface area contributed by atoms with Crippen molar-refractivity contribution in [2.45, 2.75) is 43.7 Å². The van der Waals surface area contributed by atoms with Gasteiger partial charge in [0.25, 0.3) is 0 Å². The minimum absolute atomic E-state index is 0.00519. The van der Waals surface area contributed by atoms with Gasteiger partial charge in [-0.15, -0.1) is 0 Å². The Morgan fingerprint density at radius 3 is 2.63 bits per heavy atom. The molecule has 1 unspecified atom stereocenters. The van der Waals surface area contributed by atoms with Gasteiger partial charge in [-0.05, 0) is 55.9 Å². The van der Waals surface area contributed by atoms with E-state index in [-0.39, 0.29) is 11.6 Å². The van der Waals surface area contributed by atoms with Crippen LogP contribution in [0.15, 0.2) is 18.2 Å². The molecule has 1 aliphatic rings. The number of nitrogens with two attached hydrogens (primary N) is 1. The molecule has 1 fully saturated rings. The maximum Gasteiger partial charge on any atom is 0.122 e. The smallest absolute Gasteiger partial charge is 0.122 e. The first-order chi connectivity index (χ1) is 9.08. The van der Waals surface area contributed by atoms with E-state index in [1.54, 1.807) is 14.2 Å². The molecule has 106 valence electrons. The molecule has 19 heavy (non-hydrogen) atoms. The lowest BCUT2D eigenvalue weighted by Crippen LogP contribution is -2.45. The number of ether oxygens (including phenoxy) is 2. The molecule has 4 heteroatoms. The van der Waals surface area contributed by atoms with Crippen LogP contribution in [0.3, 0.4) is 0 Å². The maximum absolute atomic E-state index is 6.27. The van der Waals surface area contributed by atoms with Crippen LogP contribution in [0.4, 0.5) is 0 Å². The molecule has 0 spiro atoms. The third-order valence-corrected chi connectivity index (χ3v) is 4.29. The fourth-order valence-corrected chi connectivity index (χ4v) is 3.00. The van der Waals surface area contributed by atoms with E-state index in [0.29, 0.717) is 5.02 Å². The summed E-state index contributed by atoms with van der Waals surface area (Å²) in [6, 6.07) is 5.71. The van der Waals surface area contributed by atoms with Crippen LogP contribution >= 0.6 is 11.6 Å². The van der Waals surface area contributed by atoms with E-state index in [4.69, 9.17) is 26.8 Å². The summed E-state index contributed by atoms with van der Waals surface area (Å²) in [7, 11) is 3.45. The third-order valence-electron chi connectivity index (χ3n) is 4.06. The Labute approximate surface area is 120 Å². The number of rotatable bonds is 6. The SMILES string of the molecule is COc1ccc(Cl)cc1CC(N)CC1(OC)CCC1. The summed E-state index contributed by atoms with van der Waals surface area (Å²) in [6.45, 7) is 0. The molecule has 0 bridgehead atoms. The molecule has 2 rings (SSSR count). The number of methoxy groups -OCH3 is 2. The number of hydrogen-bond donors (Lipinski definition) is 1. The zero-order valence-corrected chi connectivity index (χ0v) is 12.4. The molecule has 0 aliphatic heterocycles. The van der Waals surface area contributed by atoms with E-state index in [9.17, 15) is 0 Å². The van der Waals surface area contributed by atoms with Crippen molar-refractivity contribution in [3.63, 3.8) is 0 Å². The van der Waals surface area contributed by atoms with Crippen molar-refractivity contribution in [3.8, 4) is 5.75 Å². The molecule has 1 saturated carbocycles. The molecule has 1 aromatic rings. The van der Waals surface area contributed by atoms with Gasteiger partial charge in [0.2, 0.25) is 0 Å². The number of benzene rings is 1. The molecule has 1 aliphatic carbocycles. The van der Waals surface area contributed by atoms with E-state index in [1.165, 1.54) is 6.42 Å². The van der Waals surface area contributed by atoms with Gasteiger partial charge in [-0.2, -0.15) is 0 Å². The van der Waals surface area contributed by atoms with Gasteiger partial charge in [-0.3, -0.25) is 0 Å². The lowest BCUT2D eigenvalue weighted by atomic mass is 9.75. The van der Waals surface area contributed by atoms with E-state index >= 15 is 0 Å². The Bertz CT molecular complexity index is 427. The highest BCUT2D eigenvalue weighted by molar-refractivity contribution is 6.30. The van der Waals surface area contributed by atoms with E-state index < -0.39 is 0 Å². The van der Waals surface area contributed by atoms with Crippen LogP contribution in [0.2, 0.25) is 5.02 Å². The molecule has 0 aromatic heterocycles. The van der Waals surface area contributed by atoms with E-state index in [1.807, 2.05) is 18.2 Å². The van der Waals surface area contributed by atoms with Crippen molar-refractivity contribution < 1.29 is 9.47 Å². The average Bonchev–Trinajstić information content (AvgIpc) is 2.34. The highest BCUT2D eigenvalue weighted by Gasteiger charge is 2.38. The van der Waals surface area contributed by atoms with Crippen molar-refractivity contribution in [3.05, 3.63) is 28.8 Å². The Kier molecular flexibility index (Phi) is 4.71. The van der Waals surface area contributed by atoms with Crippen LogP contribution in [0.1, 0.15) is 31.2 Å². The molecular weight excluding hydrogens is 262 g/mol. The van der Waals surface area contributed by atoms with Gasteiger partial charge in [0.05, 0.1) is 12.7 Å². The normalized spacial score (nSPS) is 18.7. The topological polar surface area (TPSA) is 44.5 Å². The summed E-state index contributed by atoms with van der Waals surface area (Å²) in [5.41, 5.74) is 7.34. The standard InChI is InChI=1S/C15H22ClNO2/c1-18-14-5-4-12(16)8-11(14)9-13(17)10-15(19-2)6-3-7-15/h4-5,8,13H,3,6-7,9-10,17H2,1-2H3. The molecular formula is C15H22ClNO2. The molecule has 0 radical (unpaired) electrons. The fourth-order valence-electron chi connectivity index (χ4n) is 2.80. The predicted octanol–water partition coefficient (Wildman–Crippen LogP) is 3.18. The quantitative estimate of drug-likeness (QED) is 0.872. The van der Waals surface area contributed by atoms with E-state index in [0.717, 1.165) is 37.0 Å². The zero-order chi connectivity index (χ0) is 13.9. The molecule has 2 N–H and O–H groups in total. The summed E-state index contributed by atoms with van der Waals surface area (Å²) in [6.07, 6.45) is 5.11. The van der Waals surface area contributed by atoms with Gasteiger partial charge in [0.15, 0.2) is 0 Å². The molecule has 0 amide bonds. The zero-order valence-electron chi connectivity index (χ0n) is 11.6. The second-order valence-electron chi connectivity index (χ2n) is 5.37. The van der Waals surface area contributed by atoms with Gasteiger partial charge in [0, 0.05) is 18.2 Å². The molecule has 3 nitrogen and oxygen atoms in total. The molecule has 0 heterocycles. The van der Waals surface area contributed by atoms with Gasteiger partial charge >= 0.3 is 0 Å². The number of halogens is 1. The van der Waals surface area contributed by atoms with Gasteiger partial charge < -0.3 is 15.2 Å². The Morgan fingerprint density at radius 1 is 1.37 bits per heavy atom. The molecule has 1 atom stereocenters. The summed E-state index contributed by atoms with van der Waals surface area (Å²) in [5.74, 6) is 0.847. The molecule has 0 saturated heterocycles. The summed E-state index contributed by atoms with van der Waals surface area (Å²) in [5, 5.41) is 0.716. The largest absolute Gasteiger partial charge is 0.496 e.